The highest BCUT2D eigenvalue weighted by Gasteiger charge is 2.28. The van der Waals surface area contributed by atoms with Crippen LogP contribution in [0.15, 0.2) is 33.7 Å². The summed E-state index contributed by atoms with van der Waals surface area (Å²) >= 11 is 0. The summed E-state index contributed by atoms with van der Waals surface area (Å²) in [5.41, 5.74) is 11.4. The van der Waals surface area contributed by atoms with Gasteiger partial charge in [0.2, 0.25) is 0 Å². The van der Waals surface area contributed by atoms with Crippen molar-refractivity contribution in [3.63, 3.8) is 0 Å². The Morgan fingerprint density at radius 1 is 0.689 bits per heavy atom. The molecule has 240 valence electrons. The summed E-state index contributed by atoms with van der Waals surface area (Å²) in [4.78, 5) is 55.5. The van der Waals surface area contributed by atoms with Crippen molar-refractivity contribution < 1.29 is 29.4 Å². The van der Waals surface area contributed by atoms with Gasteiger partial charge < -0.3 is 30.8 Å². The topological polar surface area (TPSA) is 164 Å². The minimum atomic E-state index is -0.905. The minimum absolute atomic E-state index is 0.0633. The summed E-state index contributed by atoms with van der Waals surface area (Å²) in [6, 6.07) is 0. The van der Waals surface area contributed by atoms with Gasteiger partial charge in [-0.2, -0.15) is 0 Å². The van der Waals surface area contributed by atoms with Gasteiger partial charge in [-0.1, -0.05) is 27.7 Å². The molecule has 0 saturated carbocycles. The monoisotopic (exact) mass is 616 g/mol. The molecule has 4 heterocycles. The Kier molecular flexibility index (Phi) is 9.75. The highest BCUT2D eigenvalue weighted by atomic mass is 16.4. The summed E-state index contributed by atoms with van der Waals surface area (Å²) in [5.74, 6) is -2.69. The van der Waals surface area contributed by atoms with Crippen LogP contribution in [0.25, 0.3) is 12.2 Å². The zero-order valence-corrected chi connectivity index (χ0v) is 27.4. The molecule has 4 rings (SSSR count). The fraction of sp³-hybridized carbons (Fsp3) is 0.429. The SMILES string of the molecule is CCC1=C(C)C(=O)N/C1=C\c1[nH]c(Cc2[nH]c(/C=C3\NC(=O)C(C)=C3CC)c(C)c2[C@@H](C)CC(=O)O)c([C@@H](C)CC(=O)O)c1C. The summed E-state index contributed by atoms with van der Waals surface area (Å²) in [6.07, 6.45) is 5.44. The number of carbonyl (C=O) groups is 4. The van der Waals surface area contributed by atoms with Crippen LogP contribution in [0.3, 0.4) is 0 Å². The number of carboxylic acids is 2. The lowest BCUT2D eigenvalue weighted by atomic mass is 9.89. The normalized spacial score (nSPS) is 18.3. The van der Waals surface area contributed by atoms with Crippen molar-refractivity contribution in [1.29, 1.82) is 0 Å². The van der Waals surface area contributed by atoms with Crippen molar-refractivity contribution in [3.05, 3.63) is 78.7 Å². The van der Waals surface area contributed by atoms with E-state index in [4.69, 9.17) is 0 Å². The molecule has 0 aliphatic carbocycles. The molecule has 2 atom stereocenters. The molecular formula is C35H44N4O6. The highest BCUT2D eigenvalue weighted by Crippen LogP contribution is 2.37. The smallest absolute Gasteiger partial charge is 0.303 e. The number of hydrogen-bond acceptors (Lipinski definition) is 4. The third kappa shape index (κ3) is 6.60. The standard InChI is InChI=1S/C35H44N4O6/c1-9-22-18(5)34(44)38-26(22)13-24-20(7)32(16(3)11-30(40)41)28(36-24)15-29-33(17(4)12-31(42)43)21(8)25(37-29)14-27-23(10-2)19(6)35(45)39-27/h13-14,16-17,36-37H,9-12,15H2,1-8H3,(H,38,44)(H,39,45)(H,40,41)(H,42,43)/b26-13-,27-14-/t16-,17-/m0/s1. The molecule has 0 aromatic carbocycles. The van der Waals surface area contributed by atoms with E-state index in [-0.39, 0.29) is 36.5 Å². The number of carbonyl (C=O) groups excluding carboxylic acids is 2. The summed E-state index contributed by atoms with van der Waals surface area (Å²) in [7, 11) is 0. The third-order valence-corrected chi connectivity index (χ3v) is 9.16. The van der Waals surface area contributed by atoms with Gasteiger partial charge in [0.25, 0.3) is 11.8 Å². The Hall–Kier alpha value is -4.60. The molecule has 2 aromatic rings. The maximum atomic E-state index is 12.4. The van der Waals surface area contributed by atoms with Crippen LogP contribution >= 0.6 is 0 Å². The lowest BCUT2D eigenvalue weighted by molar-refractivity contribution is -0.138. The third-order valence-electron chi connectivity index (χ3n) is 9.16. The molecule has 2 amide bonds. The lowest BCUT2D eigenvalue weighted by Crippen LogP contribution is -2.15. The van der Waals surface area contributed by atoms with Gasteiger partial charge in [0.15, 0.2) is 0 Å². The second-order valence-corrected chi connectivity index (χ2v) is 12.2. The Labute approximate surface area is 263 Å². The second kappa shape index (κ2) is 13.2. The number of allylic oxidation sites excluding steroid dienone is 2. The first kappa shape index (κ1) is 33.3. The van der Waals surface area contributed by atoms with Gasteiger partial charge in [0.05, 0.1) is 12.8 Å². The van der Waals surface area contributed by atoms with E-state index in [1.165, 1.54) is 0 Å². The number of H-pyrrole nitrogens is 2. The molecule has 0 fully saturated rings. The van der Waals surface area contributed by atoms with Crippen LogP contribution in [0, 0.1) is 13.8 Å². The fourth-order valence-corrected chi connectivity index (χ4v) is 6.90. The molecule has 2 aliphatic rings. The Morgan fingerprint density at radius 3 is 1.36 bits per heavy atom. The predicted molar refractivity (Wildman–Crippen MR) is 173 cm³/mol. The highest BCUT2D eigenvalue weighted by molar-refractivity contribution is 6.01. The molecule has 2 aliphatic heterocycles. The van der Waals surface area contributed by atoms with Crippen molar-refractivity contribution in [2.24, 2.45) is 0 Å². The number of aromatic amines is 2. The molecule has 10 nitrogen and oxygen atoms in total. The fourth-order valence-electron chi connectivity index (χ4n) is 6.90. The zero-order valence-electron chi connectivity index (χ0n) is 27.4. The van der Waals surface area contributed by atoms with Gasteiger partial charge in [0, 0.05) is 51.7 Å². The Bertz CT molecular complexity index is 1590. The van der Waals surface area contributed by atoms with Gasteiger partial charge in [-0.3, -0.25) is 19.2 Å². The van der Waals surface area contributed by atoms with Crippen molar-refractivity contribution in [3.8, 4) is 0 Å². The van der Waals surface area contributed by atoms with Crippen LogP contribution in [0.4, 0.5) is 0 Å². The Balaban J connectivity index is 1.87. The van der Waals surface area contributed by atoms with E-state index in [9.17, 15) is 29.4 Å². The lowest BCUT2D eigenvalue weighted by Gasteiger charge is -2.15. The van der Waals surface area contributed by atoms with Crippen molar-refractivity contribution in [2.45, 2.75) is 99.3 Å². The van der Waals surface area contributed by atoms with E-state index < -0.39 is 11.9 Å². The number of carboxylic acid groups (broad SMARTS) is 2. The van der Waals surface area contributed by atoms with E-state index in [2.05, 4.69) is 20.6 Å². The summed E-state index contributed by atoms with van der Waals surface area (Å²) in [6.45, 7) is 15.3. The van der Waals surface area contributed by atoms with E-state index in [1.807, 2.05) is 53.7 Å². The largest absolute Gasteiger partial charge is 0.481 e. The van der Waals surface area contributed by atoms with Crippen LogP contribution in [-0.2, 0) is 25.6 Å². The van der Waals surface area contributed by atoms with E-state index in [1.54, 1.807) is 13.8 Å². The first-order valence-corrected chi connectivity index (χ1v) is 15.5. The average Bonchev–Trinajstić information content (AvgIpc) is 3.60. The average molecular weight is 617 g/mol. The van der Waals surface area contributed by atoms with Crippen molar-refractivity contribution >= 4 is 35.9 Å². The number of rotatable bonds is 12. The van der Waals surface area contributed by atoms with E-state index in [0.717, 1.165) is 67.6 Å². The maximum Gasteiger partial charge on any atom is 0.303 e. The zero-order chi connectivity index (χ0) is 33.3. The number of aliphatic carboxylic acids is 2. The van der Waals surface area contributed by atoms with E-state index in [0.29, 0.717) is 30.4 Å². The molecular weight excluding hydrogens is 572 g/mol. The van der Waals surface area contributed by atoms with Gasteiger partial charge in [0.1, 0.15) is 0 Å². The van der Waals surface area contributed by atoms with Crippen LogP contribution in [-0.4, -0.2) is 43.9 Å². The van der Waals surface area contributed by atoms with Gasteiger partial charge in [-0.25, -0.2) is 0 Å². The van der Waals surface area contributed by atoms with Gasteiger partial charge in [-0.05, 0) is 97.9 Å². The van der Waals surface area contributed by atoms with Crippen molar-refractivity contribution in [2.75, 3.05) is 0 Å². The van der Waals surface area contributed by atoms with Crippen LogP contribution in [0.1, 0.15) is 124 Å². The molecule has 0 unspecified atom stereocenters. The van der Waals surface area contributed by atoms with Crippen LogP contribution < -0.4 is 10.6 Å². The summed E-state index contributed by atoms with van der Waals surface area (Å²) in [5, 5.41) is 25.2. The first-order chi connectivity index (χ1) is 21.2. The molecule has 45 heavy (non-hydrogen) atoms. The Morgan fingerprint density at radius 2 is 1.04 bits per heavy atom. The first-order valence-electron chi connectivity index (χ1n) is 15.5. The summed E-state index contributed by atoms with van der Waals surface area (Å²) < 4.78 is 0. The number of hydrogen-bond donors (Lipinski definition) is 6. The molecule has 0 spiro atoms. The van der Waals surface area contributed by atoms with Crippen molar-refractivity contribution in [1.82, 2.24) is 20.6 Å². The second-order valence-electron chi connectivity index (χ2n) is 12.2. The van der Waals surface area contributed by atoms with E-state index >= 15 is 0 Å². The van der Waals surface area contributed by atoms with Crippen LogP contribution in [0.2, 0.25) is 0 Å². The minimum Gasteiger partial charge on any atom is -0.481 e. The molecule has 2 aromatic heterocycles. The molecule has 0 bridgehead atoms. The van der Waals surface area contributed by atoms with Crippen LogP contribution in [0.5, 0.6) is 0 Å². The molecule has 6 N–H and O–H groups in total. The number of amides is 2. The van der Waals surface area contributed by atoms with Gasteiger partial charge >= 0.3 is 11.9 Å². The maximum absolute atomic E-state index is 12.4. The number of nitrogens with one attached hydrogen (secondary N) is 4. The molecule has 0 radical (unpaired) electrons. The van der Waals surface area contributed by atoms with Gasteiger partial charge in [-0.15, -0.1) is 0 Å². The number of aromatic nitrogens is 2. The predicted octanol–water partition coefficient (Wildman–Crippen LogP) is 6.10. The molecule has 0 saturated heterocycles. The quantitative estimate of drug-likeness (QED) is 0.169. The molecule has 10 heteroatoms.